The van der Waals surface area contributed by atoms with Gasteiger partial charge in [-0.1, -0.05) is 30.4 Å². The van der Waals surface area contributed by atoms with E-state index < -0.39 is 0 Å². The van der Waals surface area contributed by atoms with Gasteiger partial charge in [-0.05, 0) is 31.4 Å². The van der Waals surface area contributed by atoms with Crippen LogP contribution in [-0.2, 0) is 4.79 Å². The molecule has 0 radical (unpaired) electrons. The zero-order valence-corrected chi connectivity index (χ0v) is 12.0. The molecule has 5 heteroatoms. The summed E-state index contributed by atoms with van der Waals surface area (Å²) in [5, 5.41) is 8.35. The Morgan fingerprint density at radius 1 is 1.19 bits per heavy atom. The third kappa shape index (κ3) is 5.69. The van der Waals surface area contributed by atoms with Gasteiger partial charge in [0.1, 0.15) is 0 Å². The minimum Gasteiger partial charge on any atom is -0.338 e. The van der Waals surface area contributed by atoms with E-state index in [4.69, 9.17) is 0 Å². The van der Waals surface area contributed by atoms with Crippen LogP contribution in [0.5, 0.6) is 0 Å². The highest BCUT2D eigenvalue weighted by atomic mass is 16.2. The molecule has 2 rings (SSSR count). The Morgan fingerprint density at radius 3 is 2.71 bits per heavy atom. The van der Waals surface area contributed by atoms with E-state index in [0.717, 1.165) is 24.9 Å². The van der Waals surface area contributed by atoms with Gasteiger partial charge in [-0.25, -0.2) is 4.79 Å². The van der Waals surface area contributed by atoms with E-state index >= 15 is 0 Å². The molecule has 1 aromatic carbocycles. The van der Waals surface area contributed by atoms with Crippen molar-refractivity contribution in [3.63, 3.8) is 0 Å². The topological polar surface area (TPSA) is 70.2 Å². The van der Waals surface area contributed by atoms with E-state index in [0.29, 0.717) is 6.54 Å². The highest BCUT2D eigenvalue weighted by Crippen LogP contribution is 2.09. The second-order valence-corrected chi connectivity index (χ2v) is 5.03. The molecule has 1 aliphatic rings. The predicted molar refractivity (Wildman–Crippen MR) is 83.0 cm³/mol. The van der Waals surface area contributed by atoms with Crippen molar-refractivity contribution in [2.45, 2.75) is 31.7 Å². The van der Waals surface area contributed by atoms with Crippen LogP contribution in [0.25, 0.3) is 0 Å². The van der Waals surface area contributed by atoms with Crippen LogP contribution in [0.3, 0.4) is 0 Å². The maximum Gasteiger partial charge on any atom is 0.315 e. The van der Waals surface area contributed by atoms with Crippen molar-refractivity contribution in [3.05, 3.63) is 42.5 Å². The molecule has 3 N–H and O–H groups in total. The molecule has 0 saturated carbocycles. The smallest absolute Gasteiger partial charge is 0.315 e. The fourth-order valence-electron chi connectivity index (χ4n) is 2.19. The number of para-hydroxylation sites is 1. The summed E-state index contributed by atoms with van der Waals surface area (Å²) in [5.74, 6) is -0.112. The Hall–Kier alpha value is -2.30. The van der Waals surface area contributed by atoms with Gasteiger partial charge < -0.3 is 16.0 Å². The minimum atomic E-state index is -0.223. The third-order valence-electron chi connectivity index (χ3n) is 3.27. The molecule has 0 spiro atoms. The SMILES string of the molecule is O=C(CCNC(=O)NC1C=CCCC1)Nc1ccccc1. The van der Waals surface area contributed by atoms with Crippen molar-refractivity contribution in [2.75, 3.05) is 11.9 Å². The average Bonchev–Trinajstić information content (AvgIpc) is 2.49. The molecule has 0 aromatic heterocycles. The van der Waals surface area contributed by atoms with Crippen molar-refractivity contribution < 1.29 is 9.59 Å². The number of urea groups is 1. The number of nitrogens with one attached hydrogen (secondary N) is 3. The molecule has 112 valence electrons. The molecule has 3 amide bonds. The molecule has 1 atom stereocenters. The van der Waals surface area contributed by atoms with Crippen LogP contribution in [0.15, 0.2) is 42.5 Å². The van der Waals surface area contributed by atoms with Gasteiger partial charge in [0.2, 0.25) is 5.91 Å². The quantitative estimate of drug-likeness (QED) is 0.728. The van der Waals surface area contributed by atoms with Crippen LogP contribution < -0.4 is 16.0 Å². The zero-order valence-electron chi connectivity index (χ0n) is 12.0. The first-order valence-electron chi connectivity index (χ1n) is 7.30. The summed E-state index contributed by atoms with van der Waals surface area (Å²) in [5.41, 5.74) is 0.763. The molecule has 0 aliphatic heterocycles. The van der Waals surface area contributed by atoms with E-state index in [-0.39, 0.29) is 24.4 Å². The van der Waals surface area contributed by atoms with Gasteiger partial charge in [0.15, 0.2) is 0 Å². The van der Waals surface area contributed by atoms with Crippen LogP contribution in [0.1, 0.15) is 25.7 Å². The van der Waals surface area contributed by atoms with E-state index in [1.54, 1.807) is 0 Å². The Kier molecular flexibility index (Phi) is 5.82. The number of carbonyl (C=O) groups is 2. The van der Waals surface area contributed by atoms with Crippen LogP contribution >= 0.6 is 0 Å². The highest BCUT2D eigenvalue weighted by Gasteiger charge is 2.11. The van der Waals surface area contributed by atoms with Gasteiger partial charge in [-0.2, -0.15) is 0 Å². The number of rotatable bonds is 5. The lowest BCUT2D eigenvalue weighted by Gasteiger charge is -2.18. The number of hydrogen-bond donors (Lipinski definition) is 3. The van der Waals surface area contributed by atoms with E-state index in [1.165, 1.54) is 0 Å². The number of carbonyl (C=O) groups excluding carboxylic acids is 2. The molecule has 0 heterocycles. The highest BCUT2D eigenvalue weighted by molar-refractivity contribution is 5.91. The third-order valence-corrected chi connectivity index (χ3v) is 3.27. The Morgan fingerprint density at radius 2 is 2.00 bits per heavy atom. The van der Waals surface area contributed by atoms with Crippen molar-refractivity contribution in [1.29, 1.82) is 0 Å². The molecule has 21 heavy (non-hydrogen) atoms. The van der Waals surface area contributed by atoms with E-state index in [2.05, 4.69) is 22.0 Å². The molecule has 0 fully saturated rings. The Bertz CT molecular complexity index is 500. The second kappa shape index (κ2) is 8.09. The standard InChI is InChI=1S/C16H21N3O2/c20-15(18-13-7-3-1-4-8-13)11-12-17-16(21)19-14-9-5-2-6-10-14/h1,3-5,7-9,14H,2,6,10-12H2,(H,18,20)(H2,17,19,21). The summed E-state index contributed by atoms with van der Waals surface area (Å²) in [6.07, 6.45) is 7.51. The van der Waals surface area contributed by atoms with E-state index in [1.807, 2.05) is 36.4 Å². The minimum absolute atomic E-state index is 0.108. The number of hydrogen-bond acceptors (Lipinski definition) is 2. The van der Waals surface area contributed by atoms with Crippen molar-refractivity contribution in [3.8, 4) is 0 Å². The lowest BCUT2D eigenvalue weighted by atomic mass is 10.0. The fraction of sp³-hybridized carbons (Fsp3) is 0.375. The molecule has 1 unspecified atom stereocenters. The number of allylic oxidation sites excluding steroid dienone is 1. The van der Waals surface area contributed by atoms with Gasteiger partial charge in [0.05, 0.1) is 0 Å². The lowest BCUT2D eigenvalue weighted by molar-refractivity contribution is -0.116. The maximum absolute atomic E-state index is 11.7. The fourth-order valence-corrected chi connectivity index (χ4v) is 2.19. The molecular formula is C16H21N3O2. The Labute approximate surface area is 124 Å². The number of benzene rings is 1. The summed E-state index contributed by atoms with van der Waals surface area (Å²) < 4.78 is 0. The lowest BCUT2D eigenvalue weighted by Crippen LogP contribution is -2.42. The summed E-state index contributed by atoms with van der Waals surface area (Å²) >= 11 is 0. The summed E-state index contributed by atoms with van der Waals surface area (Å²) in [6, 6.07) is 9.15. The normalized spacial score (nSPS) is 17.0. The molecule has 5 nitrogen and oxygen atoms in total. The first kappa shape index (κ1) is 15.1. The monoisotopic (exact) mass is 287 g/mol. The van der Waals surface area contributed by atoms with Crippen molar-refractivity contribution in [2.24, 2.45) is 0 Å². The number of anilines is 1. The van der Waals surface area contributed by atoms with Crippen LogP contribution in [0.2, 0.25) is 0 Å². The van der Waals surface area contributed by atoms with Gasteiger partial charge >= 0.3 is 6.03 Å². The maximum atomic E-state index is 11.7. The first-order valence-corrected chi connectivity index (χ1v) is 7.30. The average molecular weight is 287 g/mol. The molecule has 0 bridgehead atoms. The Balaban J connectivity index is 1.62. The first-order chi connectivity index (χ1) is 10.2. The summed E-state index contributed by atoms with van der Waals surface area (Å²) in [7, 11) is 0. The van der Waals surface area contributed by atoms with Crippen molar-refractivity contribution in [1.82, 2.24) is 10.6 Å². The molecular weight excluding hydrogens is 266 g/mol. The van der Waals surface area contributed by atoms with Crippen LogP contribution in [-0.4, -0.2) is 24.5 Å². The second-order valence-electron chi connectivity index (χ2n) is 5.03. The van der Waals surface area contributed by atoms with Gasteiger partial charge in [0.25, 0.3) is 0 Å². The zero-order chi connectivity index (χ0) is 14.9. The predicted octanol–water partition coefficient (Wildman–Crippen LogP) is 2.42. The summed E-state index contributed by atoms with van der Waals surface area (Å²) in [6.45, 7) is 0.320. The molecule has 1 aliphatic carbocycles. The van der Waals surface area contributed by atoms with Gasteiger partial charge in [-0.15, -0.1) is 0 Å². The molecule has 1 aromatic rings. The largest absolute Gasteiger partial charge is 0.338 e. The van der Waals surface area contributed by atoms with Gasteiger partial charge in [-0.3, -0.25) is 4.79 Å². The van der Waals surface area contributed by atoms with Crippen LogP contribution in [0, 0.1) is 0 Å². The van der Waals surface area contributed by atoms with E-state index in [9.17, 15) is 9.59 Å². The van der Waals surface area contributed by atoms with Crippen LogP contribution in [0.4, 0.5) is 10.5 Å². The molecule has 0 saturated heterocycles. The summed E-state index contributed by atoms with van der Waals surface area (Å²) in [4.78, 5) is 23.4. The van der Waals surface area contributed by atoms with Gasteiger partial charge in [0, 0.05) is 24.7 Å². The van der Waals surface area contributed by atoms with Crippen molar-refractivity contribution >= 4 is 17.6 Å². The number of amides is 3.